The summed E-state index contributed by atoms with van der Waals surface area (Å²) in [4.78, 5) is 11.7. The molecule has 0 aromatic heterocycles. The van der Waals surface area contributed by atoms with Crippen LogP contribution >= 0.6 is 0 Å². The molecule has 0 unspecified atom stereocenters. The van der Waals surface area contributed by atoms with Crippen LogP contribution in [0.2, 0.25) is 0 Å². The van der Waals surface area contributed by atoms with Crippen molar-refractivity contribution in [3.8, 4) is 0 Å². The Balaban J connectivity index is 2.33. The van der Waals surface area contributed by atoms with E-state index in [1.54, 1.807) is 14.0 Å². The van der Waals surface area contributed by atoms with Gasteiger partial charge in [0.25, 0.3) is 0 Å². The fraction of sp³-hybridized carbons (Fsp3) is 0.500. The van der Waals surface area contributed by atoms with Crippen molar-refractivity contribution in [1.29, 1.82) is 0 Å². The Morgan fingerprint density at radius 2 is 2.00 bits per heavy atom. The van der Waals surface area contributed by atoms with Gasteiger partial charge in [0.05, 0.1) is 25.4 Å². The summed E-state index contributed by atoms with van der Waals surface area (Å²) in [7, 11) is 1.59. The van der Waals surface area contributed by atoms with Crippen LogP contribution in [0.4, 0.5) is 10.1 Å². The molecule has 0 bridgehead atoms. The summed E-state index contributed by atoms with van der Waals surface area (Å²) in [5.74, 6) is -1.10. The normalized spacial score (nSPS) is 10.6. The van der Waals surface area contributed by atoms with Crippen LogP contribution in [0.15, 0.2) is 12.1 Å². The summed E-state index contributed by atoms with van der Waals surface area (Å²) in [6.45, 7) is 3.27. The van der Waals surface area contributed by atoms with Gasteiger partial charge >= 0.3 is 5.97 Å². The lowest BCUT2D eigenvalue weighted by Crippen LogP contribution is -2.11. The fourth-order valence-corrected chi connectivity index (χ4v) is 1.47. The predicted octanol–water partition coefficient (Wildman–Crippen LogP) is 1.93. The van der Waals surface area contributed by atoms with Crippen LogP contribution < -0.4 is 5.73 Å². The smallest absolute Gasteiger partial charge is 0.338 e. The van der Waals surface area contributed by atoms with Gasteiger partial charge in [-0.05, 0) is 19.1 Å². The van der Waals surface area contributed by atoms with Gasteiger partial charge in [-0.15, -0.1) is 0 Å². The summed E-state index contributed by atoms with van der Waals surface area (Å²) in [6.07, 6.45) is 0.569. The first-order valence-corrected chi connectivity index (χ1v) is 6.35. The second-order valence-electron chi connectivity index (χ2n) is 4.27. The Kier molecular flexibility index (Phi) is 6.97. The van der Waals surface area contributed by atoms with Gasteiger partial charge in [-0.25, -0.2) is 9.18 Å². The van der Waals surface area contributed by atoms with Gasteiger partial charge in [0, 0.05) is 31.4 Å². The summed E-state index contributed by atoms with van der Waals surface area (Å²) >= 11 is 0. The number of nitrogens with two attached hydrogens (primary N) is 1. The highest BCUT2D eigenvalue weighted by atomic mass is 19.1. The number of rotatable bonds is 8. The van der Waals surface area contributed by atoms with E-state index in [1.807, 2.05) is 0 Å². The molecule has 5 nitrogen and oxygen atoms in total. The third kappa shape index (κ3) is 5.14. The van der Waals surface area contributed by atoms with Gasteiger partial charge in [0.1, 0.15) is 5.82 Å². The quantitative estimate of drug-likeness (QED) is 0.449. The Morgan fingerprint density at radius 1 is 1.25 bits per heavy atom. The molecule has 0 aliphatic carbocycles. The van der Waals surface area contributed by atoms with Crippen molar-refractivity contribution in [2.75, 3.05) is 39.3 Å². The van der Waals surface area contributed by atoms with Crippen LogP contribution in [0.25, 0.3) is 0 Å². The zero-order chi connectivity index (χ0) is 15.0. The number of ether oxygens (including phenoxy) is 3. The molecule has 2 N–H and O–H groups in total. The summed E-state index contributed by atoms with van der Waals surface area (Å²) < 4.78 is 28.5. The molecule has 1 aromatic rings. The minimum atomic E-state index is -0.590. The topological polar surface area (TPSA) is 70.8 Å². The van der Waals surface area contributed by atoms with Gasteiger partial charge in [0.2, 0.25) is 0 Å². The number of nitrogen functional groups attached to an aromatic ring is 1. The molecule has 0 saturated carbocycles. The highest BCUT2D eigenvalue weighted by molar-refractivity contribution is 5.90. The molecule has 0 aliphatic rings. The first kappa shape index (κ1) is 16.4. The standard InChI is InChI=1S/C14H20FNO4/c1-10-12(15)8-11(9-13(10)16)14(17)20-5-3-4-19-7-6-18-2/h8-9H,3-7,16H2,1-2H3. The molecule has 0 aliphatic heterocycles. The monoisotopic (exact) mass is 285 g/mol. The SMILES string of the molecule is COCCOCCCOC(=O)c1cc(N)c(C)c(F)c1. The van der Waals surface area contributed by atoms with Crippen molar-refractivity contribution < 1.29 is 23.4 Å². The first-order chi connectivity index (χ1) is 9.56. The average molecular weight is 285 g/mol. The summed E-state index contributed by atoms with van der Waals surface area (Å²) in [5.41, 5.74) is 6.28. The van der Waals surface area contributed by atoms with E-state index in [9.17, 15) is 9.18 Å². The third-order valence-corrected chi connectivity index (χ3v) is 2.72. The number of benzene rings is 1. The van der Waals surface area contributed by atoms with Crippen molar-refractivity contribution in [1.82, 2.24) is 0 Å². The van der Waals surface area contributed by atoms with Gasteiger partial charge < -0.3 is 19.9 Å². The molecule has 0 heterocycles. The minimum absolute atomic E-state index is 0.117. The predicted molar refractivity (Wildman–Crippen MR) is 73.1 cm³/mol. The van der Waals surface area contributed by atoms with E-state index in [0.29, 0.717) is 31.8 Å². The number of carbonyl (C=O) groups excluding carboxylic acids is 1. The lowest BCUT2D eigenvalue weighted by Gasteiger charge is -2.08. The van der Waals surface area contributed by atoms with E-state index in [-0.39, 0.29) is 17.9 Å². The van der Waals surface area contributed by atoms with Crippen molar-refractivity contribution >= 4 is 11.7 Å². The lowest BCUT2D eigenvalue weighted by molar-refractivity contribution is 0.0385. The number of carbonyl (C=O) groups is 1. The van der Waals surface area contributed by atoms with Crippen LogP contribution in [-0.2, 0) is 14.2 Å². The molecule has 20 heavy (non-hydrogen) atoms. The van der Waals surface area contributed by atoms with Crippen LogP contribution in [-0.4, -0.2) is 39.5 Å². The van der Waals surface area contributed by atoms with E-state index < -0.39 is 11.8 Å². The van der Waals surface area contributed by atoms with Crippen molar-refractivity contribution in [3.63, 3.8) is 0 Å². The molecule has 1 rings (SSSR count). The zero-order valence-corrected chi connectivity index (χ0v) is 11.8. The molecular weight excluding hydrogens is 265 g/mol. The van der Waals surface area contributed by atoms with Crippen molar-refractivity contribution in [2.24, 2.45) is 0 Å². The van der Waals surface area contributed by atoms with Crippen LogP contribution in [0.3, 0.4) is 0 Å². The molecule has 6 heteroatoms. The Morgan fingerprint density at radius 3 is 2.65 bits per heavy atom. The second kappa shape index (κ2) is 8.50. The third-order valence-electron chi connectivity index (χ3n) is 2.72. The van der Waals surface area contributed by atoms with Crippen molar-refractivity contribution in [2.45, 2.75) is 13.3 Å². The molecule has 0 fully saturated rings. The Bertz CT molecular complexity index is 428. The molecule has 0 spiro atoms. The Labute approximate surface area is 117 Å². The van der Waals surface area contributed by atoms with E-state index in [2.05, 4.69) is 0 Å². The van der Waals surface area contributed by atoms with Crippen LogP contribution in [0.5, 0.6) is 0 Å². The average Bonchev–Trinajstić information content (AvgIpc) is 2.43. The lowest BCUT2D eigenvalue weighted by atomic mass is 10.1. The van der Waals surface area contributed by atoms with Gasteiger partial charge in [-0.2, -0.15) is 0 Å². The molecule has 0 atom stereocenters. The molecule has 1 aromatic carbocycles. The van der Waals surface area contributed by atoms with Crippen LogP contribution in [0, 0.1) is 12.7 Å². The number of esters is 1. The van der Waals surface area contributed by atoms with Crippen LogP contribution in [0.1, 0.15) is 22.3 Å². The highest BCUT2D eigenvalue weighted by Gasteiger charge is 2.12. The first-order valence-electron chi connectivity index (χ1n) is 6.35. The summed E-state index contributed by atoms with van der Waals surface area (Å²) in [6, 6.07) is 2.54. The van der Waals surface area contributed by atoms with Gasteiger partial charge in [-0.1, -0.05) is 0 Å². The number of halogens is 1. The summed E-state index contributed by atoms with van der Waals surface area (Å²) in [5, 5.41) is 0. The maximum Gasteiger partial charge on any atom is 0.338 e. The van der Waals surface area contributed by atoms with Gasteiger partial charge in [-0.3, -0.25) is 0 Å². The van der Waals surface area contributed by atoms with Crippen molar-refractivity contribution in [3.05, 3.63) is 29.1 Å². The fourth-order valence-electron chi connectivity index (χ4n) is 1.47. The molecule has 0 amide bonds. The number of hydrogen-bond acceptors (Lipinski definition) is 5. The van der Waals surface area contributed by atoms with E-state index in [0.717, 1.165) is 6.07 Å². The maximum atomic E-state index is 13.4. The molecule has 0 radical (unpaired) electrons. The van der Waals surface area contributed by atoms with E-state index in [4.69, 9.17) is 19.9 Å². The maximum absolute atomic E-state index is 13.4. The Hall–Kier alpha value is -1.66. The number of methoxy groups -OCH3 is 1. The van der Waals surface area contributed by atoms with Gasteiger partial charge in [0.15, 0.2) is 0 Å². The second-order valence-corrected chi connectivity index (χ2v) is 4.27. The zero-order valence-electron chi connectivity index (χ0n) is 11.8. The number of anilines is 1. The molecule has 0 saturated heterocycles. The molecule has 112 valence electrons. The number of hydrogen-bond donors (Lipinski definition) is 1. The van der Waals surface area contributed by atoms with E-state index in [1.165, 1.54) is 6.07 Å². The highest BCUT2D eigenvalue weighted by Crippen LogP contribution is 2.18. The van der Waals surface area contributed by atoms with E-state index >= 15 is 0 Å². The largest absolute Gasteiger partial charge is 0.462 e. The molecular formula is C14H20FNO4. The minimum Gasteiger partial charge on any atom is -0.462 e.